The number of hydrogen-bond donors (Lipinski definition) is 0. The average molecular weight is 174 g/mol. The summed E-state index contributed by atoms with van der Waals surface area (Å²) in [6.07, 6.45) is 0.556. The second-order valence-corrected chi connectivity index (χ2v) is 2.36. The van der Waals surface area contributed by atoms with Crippen molar-refractivity contribution < 1.29 is 4.79 Å². The van der Waals surface area contributed by atoms with Gasteiger partial charge in [0, 0.05) is 6.42 Å². The molecule has 1 aromatic carbocycles. The SMILES string of the molecule is CC(=O)Cc1ccccc1.[KH]. The van der Waals surface area contributed by atoms with Gasteiger partial charge in [-0.25, -0.2) is 0 Å². The molecule has 0 aliphatic heterocycles. The van der Waals surface area contributed by atoms with Crippen molar-refractivity contribution >= 4 is 57.2 Å². The fourth-order valence-corrected chi connectivity index (χ4v) is 0.883. The summed E-state index contributed by atoms with van der Waals surface area (Å²) in [6, 6.07) is 9.75. The third-order valence-corrected chi connectivity index (χ3v) is 1.30. The number of ketones is 1. The molecular weight excluding hydrogens is 163 g/mol. The van der Waals surface area contributed by atoms with E-state index >= 15 is 0 Å². The summed E-state index contributed by atoms with van der Waals surface area (Å²) >= 11 is 0. The van der Waals surface area contributed by atoms with Crippen LogP contribution in [0.4, 0.5) is 0 Å². The molecule has 0 aliphatic rings. The number of carbonyl (C=O) groups excluding carboxylic acids is 1. The van der Waals surface area contributed by atoms with Gasteiger partial charge < -0.3 is 0 Å². The van der Waals surface area contributed by atoms with E-state index in [-0.39, 0.29) is 57.2 Å². The summed E-state index contributed by atoms with van der Waals surface area (Å²) in [7, 11) is 0. The number of Topliss-reactive ketones (excluding diaryl/α,β-unsaturated/α-hetero) is 1. The van der Waals surface area contributed by atoms with E-state index in [1.165, 1.54) is 0 Å². The topological polar surface area (TPSA) is 17.1 Å². The van der Waals surface area contributed by atoms with Crippen LogP contribution in [0, 0.1) is 0 Å². The molecule has 0 bridgehead atoms. The van der Waals surface area contributed by atoms with E-state index in [1.807, 2.05) is 30.3 Å². The fourth-order valence-electron chi connectivity index (χ4n) is 0.883. The van der Waals surface area contributed by atoms with Crippen LogP contribution in [-0.2, 0) is 11.2 Å². The molecular formula is C9H11KO. The van der Waals surface area contributed by atoms with Crippen molar-refractivity contribution in [1.82, 2.24) is 0 Å². The molecule has 0 aliphatic carbocycles. The van der Waals surface area contributed by atoms with Gasteiger partial charge in [0.25, 0.3) is 0 Å². The first kappa shape index (κ1) is 11.5. The van der Waals surface area contributed by atoms with Crippen LogP contribution in [0.5, 0.6) is 0 Å². The van der Waals surface area contributed by atoms with Gasteiger partial charge in [-0.1, -0.05) is 30.3 Å². The monoisotopic (exact) mass is 174 g/mol. The van der Waals surface area contributed by atoms with Crippen molar-refractivity contribution in [2.24, 2.45) is 0 Å². The van der Waals surface area contributed by atoms with Crippen LogP contribution in [0.2, 0.25) is 0 Å². The van der Waals surface area contributed by atoms with Crippen molar-refractivity contribution in [3.63, 3.8) is 0 Å². The predicted molar refractivity (Wildman–Crippen MR) is 48.0 cm³/mol. The summed E-state index contributed by atoms with van der Waals surface area (Å²) in [6.45, 7) is 1.60. The maximum absolute atomic E-state index is 10.6. The Balaban J connectivity index is 0.000001000. The molecule has 0 atom stereocenters. The molecule has 0 fully saturated rings. The first-order valence-electron chi connectivity index (χ1n) is 3.32. The Morgan fingerprint density at radius 2 is 1.82 bits per heavy atom. The zero-order chi connectivity index (χ0) is 7.40. The molecule has 0 aromatic heterocycles. The summed E-state index contributed by atoms with van der Waals surface area (Å²) in [5.41, 5.74) is 1.09. The molecule has 0 spiro atoms. The number of benzene rings is 1. The molecule has 1 rings (SSSR count). The first-order valence-corrected chi connectivity index (χ1v) is 3.32. The third kappa shape index (κ3) is 4.88. The fraction of sp³-hybridized carbons (Fsp3) is 0.222. The Kier molecular flexibility index (Phi) is 6.38. The van der Waals surface area contributed by atoms with Crippen LogP contribution < -0.4 is 0 Å². The van der Waals surface area contributed by atoms with Gasteiger partial charge in [-0.05, 0) is 12.5 Å². The van der Waals surface area contributed by atoms with E-state index < -0.39 is 0 Å². The maximum atomic E-state index is 10.6. The van der Waals surface area contributed by atoms with Crippen LogP contribution in [0.15, 0.2) is 30.3 Å². The zero-order valence-corrected chi connectivity index (χ0v) is 6.00. The van der Waals surface area contributed by atoms with Crippen molar-refractivity contribution in [3.8, 4) is 0 Å². The van der Waals surface area contributed by atoms with Gasteiger partial charge >= 0.3 is 51.4 Å². The van der Waals surface area contributed by atoms with Gasteiger partial charge in [0.1, 0.15) is 5.78 Å². The minimum absolute atomic E-state index is 0. The Morgan fingerprint density at radius 3 is 2.27 bits per heavy atom. The van der Waals surface area contributed by atoms with E-state index in [2.05, 4.69) is 0 Å². The Hall–Kier alpha value is 0.526. The summed E-state index contributed by atoms with van der Waals surface area (Å²) in [4.78, 5) is 10.6. The van der Waals surface area contributed by atoms with E-state index in [1.54, 1.807) is 6.92 Å². The van der Waals surface area contributed by atoms with Crippen LogP contribution in [0.1, 0.15) is 12.5 Å². The van der Waals surface area contributed by atoms with Gasteiger partial charge in [0.05, 0.1) is 0 Å². The van der Waals surface area contributed by atoms with Crippen molar-refractivity contribution in [1.29, 1.82) is 0 Å². The number of rotatable bonds is 2. The second-order valence-electron chi connectivity index (χ2n) is 2.36. The van der Waals surface area contributed by atoms with Crippen LogP contribution in [0.25, 0.3) is 0 Å². The summed E-state index contributed by atoms with van der Waals surface area (Å²) in [5, 5.41) is 0. The van der Waals surface area contributed by atoms with E-state index in [0.717, 1.165) is 5.56 Å². The molecule has 11 heavy (non-hydrogen) atoms. The molecule has 0 radical (unpaired) electrons. The molecule has 2 heteroatoms. The predicted octanol–water partition coefficient (Wildman–Crippen LogP) is 1.17. The second kappa shape index (κ2) is 6.09. The molecule has 1 aromatic rings. The molecule has 1 nitrogen and oxygen atoms in total. The molecule has 0 saturated carbocycles. The first-order chi connectivity index (χ1) is 4.79. The molecule has 0 heterocycles. The average Bonchev–Trinajstić information content (AvgIpc) is 1.88. The Bertz CT molecular complexity index is 218. The quantitative estimate of drug-likeness (QED) is 0.615. The van der Waals surface area contributed by atoms with Gasteiger partial charge in [0.2, 0.25) is 0 Å². The van der Waals surface area contributed by atoms with E-state index in [4.69, 9.17) is 0 Å². The van der Waals surface area contributed by atoms with Crippen molar-refractivity contribution in [2.75, 3.05) is 0 Å². The Labute approximate surface area is 110 Å². The van der Waals surface area contributed by atoms with Crippen LogP contribution in [0.3, 0.4) is 0 Å². The molecule has 0 unspecified atom stereocenters. The van der Waals surface area contributed by atoms with E-state index in [0.29, 0.717) is 6.42 Å². The van der Waals surface area contributed by atoms with Crippen molar-refractivity contribution in [2.45, 2.75) is 13.3 Å². The normalized spacial score (nSPS) is 8.45. The zero-order valence-electron chi connectivity index (χ0n) is 6.00. The molecule has 0 amide bonds. The van der Waals surface area contributed by atoms with Gasteiger partial charge in [-0.2, -0.15) is 0 Å². The molecule has 0 N–H and O–H groups in total. The third-order valence-electron chi connectivity index (χ3n) is 1.30. The van der Waals surface area contributed by atoms with Gasteiger partial charge in [-0.15, -0.1) is 0 Å². The van der Waals surface area contributed by atoms with Gasteiger partial charge in [0.15, 0.2) is 0 Å². The van der Waals surface area contributed by atoms with Gasteiger partial charge in [-0.3, -0.25) is 4.79 Å². The van der Waals surface area contributed by atoms with Crippen LogP contribution >= 0.6 is 0 Å². The van der Waals surface area contributed by atoms with Crippen LogP contribution in [-0.4, -0.2) is 57.2 Å². The standard InChI is InChI=1S/C9H10O.K.H/c1-8(10)7-9-5-3-2-4-6-9;;/h2-6H,7H2,1H3;;. The number of carbonyl (C=O) groups is 1. The number of hydrogen-bond acceptors (Lipinski definition) is 1. The molecule has 0 saturated heterocycles. The minimum atomic E-state index is 0. The Morgan fingerprint density at radius 1 is 1.27 bits per heavy atom. The van der Waals surface area contributed by atoms with Crippen molar-refractivity contribution in [3.05, 3.63) is 35.9 Å². The molecule has 54 valence electrons. The summed E-state index contributed by atoms with van der Waals surface area (Å²) < 4.78 is 0. The van der Waals surface area contributed by atoms with E-state index in [9.17, 15) is 4.79 Å². The summed E-state index contributed by atoms with van der Waals surface area (Å²) in [5.74, 6) is 0.214.